The van der Waals surface area contributed by atoms with Crippen molar-refractivity contribution in [1.29, 1.82) is 0 Å². The molecule has 1 unspecified atom stereocenters. The summed E-state index contributed by atoms with van der Waals surface area (Å²) in [7, 11) is 2.19. The maximum atomic E-state index is 3.67. The summed E-state index contributed by atoms with van der Waals surface area (Å²) in [6.45, 7) is 8.28. The first kappa shape index (κ1) is 8.75. The fourth-order valence-electron chi connectivity index (χ4n) is 1.58. The Morgan fingerprint density at radius 3 is 3.09 bits per heavy atom. The molecule has 2 heteroatoms. The second kappa shape index (κ2) is 4.52. The Morgan fingerprint density at radius 1 is 1.73 bits per heavy atom. The molecule has 1 fully saturated rings. The van der Waals surface area contributed by atoms with Gasteiger partial charge in [-0.05, 0) is 32.5 Å². The first-order valence-corrected chi connectivity index (χ1v) is 4.33. The molecule has 0 spiro atoms. The average Bonchev–Trinajstić information content (AvgIpc) is 2.37. The highest BCUT2D eigenvalue weighted by Gasteiger charge is 2.17. The van der Waals surface area contributed by atoms with Gasteiger partial charge < -0.3 is 10.2 Å². The molecular weight excluding hydrogens is 136 g/mol. The fraction of sp³-hybridized carbons (Fsp3) is 0.778. The van der Waals surface area contributed by atoms with E-state index in [1.54, 1.807) is 0 Å². The number of hydrogen-bond donors (Lipinski definition) is 1. The number of hydrogen-bond acceptors (Lipinski definition) is 2. The summed E-state index contributed by atoms with van der Waals surface area (Å²) in [6, 6.07) is 0. The SMILES string of the molecule is C=CCNCC1CCN(C)C1. The topological polar surface area (TPSA) is 15.3 Å². The van der Waals surface area contributed by atoms with Crippen molar-refractivity contribution < 1.29 is 0 Å². The minimum atomic E-state index is 0.861. The summed E-state index contributed by atoms with van der Waals surface area (Å²) in [5, 5.41) is 3.35. The van der Waals surface area contributed by atoms with E-state index in [2.05, 4.69) is 23.8 Å². The standard InChI is InChI=1S/C9H18N2/c1-3-5-10-7-9-4-6-11(2)8-9/h3,9-10H,1,4-8H2,2H3. The highest BCUT2D eigenvalue weighted by molar-refractivity contribution is 4.77. The average molecular weight is 154 g/mol. The van der Waals surface area contributed by atoms with Crippen LogP contribution in [0.25, 0.3) is 0 Å². The molecular formula is C9H18N2. The van der Waals surface area contributed by atoms with E-state index in [0.29, 0.717) is 0 Å². The van der Waals surface area contributed by atoms with E-state index in [4.69, 9.17) is 0 Å². The molecule has 1 atom stereocenters. The molecule has 0 aromatic carbocycles. The van der Waals surface area contributed by atoms with Crippen molar-refractivity contribution in [2.75, 3.05) is 33.2 Å². The van der Waals surface area contributed by atoms with Gasteiger partial charge in [0.2, 0.25) is 0 Å². The number of likely N-dealkylation sites (tertiary alicyclic amines) is 1. The molecule has 0 amide bonds. The van der Waals surface area contributed by atoms with Gasteiger partial charge in [-0.3, -0.25) is 0 Å². The van der Waals surface area contributed by atoms with Crippen LogP contribution in [0.3, 0.4) is 0 Å². The molecule has 1 aliphatic heterocycles. The molecule has 1 rings (SSSR count). The lowest BCUT2D eigenvalue weighted by Crippen LogP contribution is -2.24. The maximum Gasteiger partial charge on any atom is 0.0132 e. The van der Waals surface area contributed by atoms with Crippen LogP contribution in [0.2, 0.25) is 0 Å². The molecule has 0 aromatic rings. The van der Waals surface area contributed by atoms with E-state index >= 15 is 0 Å². The third-order valence-electron chi connectivity index (χ3n) is 2.21. The quantitative estimate of drug-likeness (QED) is 0.474. The van der Waals surface area contributed by atoms with E-state index in [1.165, 1.54) is 19.5 Å². The zero-order chi connectivity index (χ0) is 8.10. The van der Waals surface area contributed by atoms with Crippen molar-refractivity contribution >= 4 is 0 Å². The smallest absolute Gasteiger partial charge is 0.0132 e. The van der Waals surface area contributed by atoms with E-state index in [9.17, 15) is 0 Å². The molecule has 11 heavy (non-hydrogen) atoms. The zero-order valence-corrected chi connectivity index (χ0v) is 7.34. The second-order valence-electron chi connectivity index (χ2n) is 3.36. The number of nitrogens with zero attached hydrogens (tertiary/aromatic N) is 1. The van der Waals surface area contributed by atoms with Crippen LogP contribution in [-0.2, 0) is 0 Å². The highest BCUT2D eigenvalue weighted by atomic mass is 15.1. The summed E-state index contributed by atoms with van der Waals surface area (Å²) >= 11 is 0. The van der Waals surface area contributed by atoms with Gasteiger partial charge in [-0.2, -0.15) is 0 Å². The van der Waals surface area contributed by atoms with Gasteiger partial charge in [-0.1, -0.05) is 6.08 Å². The van der Waals surface area contributed by atoms with Crippen molar-refractivity contribution in [1.82, 2.24) is 10.2 Å². The molecule has 1 saturated heterocycles. The molecule has 0 radical (unpaired) electrons. The Labute approximate surface area is 69.3 Å². The number of rotatable bonds is 4. The summed E-state index contributed by atoms with van der Waals surface area (Å²) in [6.07, 6.45) is 3.26. The number of nitrogens with one attached hydrogen (secondary N) is 1. The van der Waals surface area contributed by atoms with E-state index in [0.717, 1.165) is 19.0 Å². The monoisotopic (exact) mass is 154 g/mol. The van der Waals surface area contributed by atoms with Gasteiger partial charge in [-0.15, -0.1) is 6.58 Å². The highest BCUT2D eigenvalue weighted by Crippen LogP contribution is 2.12. The van der Waals surface area contributed by atoms with Gasteiger partial charge in [0, 0.05) is 13.1 Å². The third kappa shape index (κ3) is 3.04. The maximum absolute atomic E-state index is 3.67. The lowest BCUT2D eigenvalue weighted by molar-refractivity contribution is 0.390. The Hall–Kier alpha value is -0.340. The first-order valence-electron chi connectivity index (χ1n) is 4.33. The molecule has 1 aliphatic rings. The summed E-state index contributed by atoms with van der Waals surface area (Å²) in [4.78, 5) is 2.39. The molecule has 0 aromatic heterocycles. The summed E-state index contributed by atoms with van der Waals surface area (Å²) < 4.78 is 0. The van der Waals surface area contributed by atoms with Crippen LogP contribution in [0.1, 0.15) is 6.42 Å². The Balaban J connectivity index is 2.03. The second-order valence-corrected chi connectivity index (χ2v) is 3.36. The molecule has 2 nitrogen and oxygen atoms in total. The molecule has 64 valence electrons. The van der Waals surface area contributed by atoms with Gasteiger partial charge >= 0.3 is 0 Å². The molecule has 0 aliphatic carbocycles. The predicted octanol–water partition coefficient (Wildman–Crippen LogP) is 0.714. The van der Waals surface area contributed by atoms with E-state index in [1.807, 2.05) is 6.08 Å². The van der Waals surface area contributed by atoms with Crippen LogP contribution >= 0.6 is 0 Å². The van der Waals surface area contributed by atoms with Crippen molar-refractivity contribution in [2.24, 2.45) is 5.92 Å². The van der Waals surface area contributed by atoms with Gasteiger partial charge in [-0.25, -0.2) is 0 Å². The van der Waals surface area contributed by atoms with Crippen molar-refractivity contribution in [3.8, 4) is 0 Å². The van der Waals surface area contributed by atoms with Crippen molar-refractivity contribution in [3.63, 3.8) is 0 Å². The van der Waals surface area contributed by atoms with Crippen LogP contribution in [0.15, 0.2) is 12.7 Å². The van der Waals surface area contributed by atoms with Crippen LogP contribution in [0.4, 0.5) is 0 Å². The normalized spacial score (nSPS) is 25.7. The Morgan fingerprint density at radius 2 is 2.55 bits per heavy atom. The summed E-state index contributed by atoms with van der Waals surface area (Å²) in [5.74, 6) is 0.861. The Kier molecular flexibility index (Phi) is 3.60. The third-order valence-corrected chi connectivity index (χ3v) is 2.21. The summed E-state index contributed by atoms with van der Waals surface area (Å²) in [5.41, 5.74) is 0. The van der Waals surface area contributed by atoms with Crippen molar-refractivity contribution in [3.05, 3.63) is 12.7 Å². The lowest BCUT2D eigenvalue weighted by atomic mass is 10.1. The van der Waals surface area contributed by atoms with Crippen LogP contribution in [0.5, 0.6) is 0 Å². The van der Waals surface area contributed by atoms with Gasteiger partial charge in [0.05, 0.1) is 0 Å². The van der Waals surface area contributed by atoms with Crippen LogP contribution in [0, 0.1) is 5.92 Å². The van der Waals surface area contributed by atoms with E-state index in [-0.39, 0.29) is 0 Å². The predicted molar refractivity (Wildman–Crippen MR) is 48.7 cm³/mol. The molecule has 1 N–H and O–H groups in total. The van der Waals surface area contributed by atoms with Crippen LogP contribution < -0.4 is 5.32 Å². The minimum absolute atomic E-state index is 0.861. The van der Waals surface area contributed by atoms with Crippen molar-refractivity contribution in [2.45, 2.75) is 6.42 Å². The molecule has 0 bridgehead atoms. The fourth-order valence-corrected chi connectivity index (χ4v) is 1.58. The minimum Gasteiger partial charge on any atom is -0.313 e. The Bertz CT molecular complexity index is 123. The van der Waals surface area contributed by atoms with Gasteiger partial charge in [0.25, 0.3) is 0 Å². The molecule has 0 saturated carbocycles. The molecule has 1 heterocycles. The van der Waals surface area contributed by atoms with Gasteiger partial charge in [0.1, 0.15) is 0 Å². The zero-order valence-electron chi connectivity index (χ0n) is 7.34. The van der Waals surface area contributed by atoms with E-state index < -0.39 is 0 Å². The lowest BCUT2D eigenvalue weighted by Gasteiger charge is -2.09. The van der Waals surface area contributed by atoms with Crippen LogP contribution in [-0.4, -0.2) is 38.1 Å². The largest absolute Gasteiger partial charge is 0.313 e. The first-order chi connectivity index (χ1) is 5.33. The van der Waals surface area contributed by atoms with Gasteiger partial charge in [0.15, 0.2) is 0 Å².